The first-order valence-electron chi connectivity index (χ1n) is 9.37. The zero-order chi connectivity index (χ0) is 20.1. The Morgan fingerprint density at radius 3 is 2.54 bits per heavy atom. The average Bonchev–Trinajstić information content (AvgIpc) is 2.98. The van der Waals surface area contributed by atoms with E-state index in [0.29, 0.717) is 23.3 Å². The molecule has 1 heterocycles. The van der Waals surface area contributed by atoms with E-state index in [-0.39, 0.29) is 12.5 Å². The summed E-state index contributed by atoms with van der Waals surface area (Å²) in [5.74, 6) is 0.243. The number of benzene rings is 2. The molecule has 6 nitrogen and oxygen atoms in total. The lowest BCUT2D eigenvalue weighted by Crippen LogP contribution is -2.44. The number of carbonyl (C=O) groups is 3. The summed E-state index contributed by atoms with van der Waals surface area (Å²) >= 11 is 0. The third kappa shape index (κ3) is 3.50. The first kappa shape index (κ1) is 19.6. The van der Waals surface area contributed by atoms with Crippen molar-refractivity contribution >= 4 is 18.2 Å². The van der Waals surface area contributed by atoms with Crippen molar-refractivity contribution in [2.45, 2.75) is 38.3 Å². The van der Waals surface area contributed by atoms with Gasteiger partial charge < -0.3 is 10.1 Å². The number of aldehydes is 1. The van der Waals surface area contributed by atoms with Crippen LogP contribution in [0.4, 0.5) is 4.79 Å². The van der Waals surface area contributed by atoms with Crippen molar-refractivity contribution in [2.75, 3.05) is 7.11 Å². The maximum Gasteiger partial charge on any atom is 0.325 e. The minimum absolute atomic E-state index is 0.0379. The van der Waals surface area contributed by atoms with Gasteiger partial charge in [-0.05, 0) is 30.2 Å². The van der Waals surface area contributed by atoms with Gasteiger partial charge in [0.25, 0.3) is 5.91 Å². The second-order valence-electron chi connectivity index (χ2n) is 6.89. The molecule has 0 saturated carbocycles. The molecule has 1 fully saturated rings. The van der Waals surface area contributed by atoms with Gasteiger partial charge in [0.15, 0.2) is 0 Å². The summed E-state index contributed by atoms with van der Waals surface area (Å²) in [6.45, 7) is 2.09. The minimum atomic E-state index is -1.07. The van der Waals surface area contributed by atoms with Crippen LogP contribution < -0.4 is 10.1 Å². The van der Waals surface area contributed by atoms with E-state index in [2.05, 4.69) is 5.32 Å². The predicted octanol–water partition coefficient (Wildman–Crippen LogP) is 3.65. The molecule has 0 radical (unpaired) electrons. The van der Waals surface area contributed by atoms with Crippen molar-refractivity contribution in [1.82, 2.24) is 10.2 Å². The van der Waals surface area contributed by atoms with Crippen LogP contribution in [0.25, 0.3) is 0 Å². The van der Waals surface area contributed by atoms with Gasteiger partial charge in [-0.1, -0.05) is 50.1 Å². The molecule has 2 aromatic carbocycles. The molecule has 1 atom stereocenters. The second kappa shape index (κ2) is 8.25. The number of nitrogens with one attached hydrogen (secondary N) is 1. The van der Waals surface area contributed by atoms with Crippen molar-refractivity contribution in [3.8, 4) is 5.75 Å². The molecule has 146 valence electrons. The third-order valence-corrected chi connectivity index (χ3v) is 5.12. The van der Waals surface area contributed by atoms with Gasteiger partial charge in [0.05, 0.1) is 13.7 Å². The number of ether oxygens (including phenoxy) is 1. The molecule has 2 aromatic rings. The SMILES string of the molecule is CCCCC1(c2ccccc2)NC(=O)N(Cc2cc(C=O)ccc2OC)C1=O. The van der Waals surface area contributed by atoms with Gasteiger partial charge in [0, 0.05) is 11.1 Å². The molecule has 28 heavy (non-hydrogen) atoms. The summed E-state index contributed by atoms with van der Waals surface area (Å²) in [4.78, 5) is 38.5. The summed E-state index contributed by atoms with van der Waals surface area (Å²) in [5, 5.41) is 2.93. The number of amides is 3. The maximum atomic E-state index is 13.4. The summed E-state index contributed by atoms with van der Waals surface area (Å²) in [6, 6.07) is 13.8. The van der Waals surface area contributed by atoms with Crippen LogP contribution in [0.1, 0.15) is 47.7 Å². The summed E-state index contributed by atoms with van der Waals surface area (Å²) in [6.07, 6.45) is 2.97. The third-order valence-electron chi connectivity index (χ3n) is 5.12. The smallest absolute Gasteiger partial charge is 0.325 e. The van der Waals surface area contributed by atoms with Gasteiger partial charge >= 0.3 is 6.03 Å². The molecule has 0 aromatic heterocycles. The predicted molar refractivity (Wildman–Crippen MR) is 105 cm³/mol. The first-order valence-corrected chi connectivity index (χ1v) is 9.37. The molecule has 3 rings (SSSR count). The molecule has 0 bridgehead atoms. The van der Waals surface area contributed by atoms with Crippen molar-refractivity contribution in [2.24, 2.45) is 0 Å². The van der Waals surface area contributed by atoms with E-state index in [0.717, 1.165) is 24.7 Å². The fourth-order valence-corrected chi connectivity index (χ4v) is 3.61. The molecule has 0 spiro atoms. The molecule has 1 saturated heterocycles. The van der Waals surface area contributed by atoms with E-state index >= 15 is 0 Å². The van der Waals surface area contributed by atoms with Gasteiger partial charge in [-0.25, -0.2) is 4.79 Å². The van der Waals surface area contributed by atoms with E-state index < -0.39 is 11.6 Å². The highest BCUT2D eigenvalue weighted by Gasteiger charge is 2.51. The van der Waals surface area contributed by atoms with Crippen LogP contribution in [-0.2, 0) is 16.9 Å². The molecule has 1 aliphatic rings. The fraction of sp³-hybridized carbons (Fsp3) is 0.318. The average molecular weight is 380 g/mol. The maximum absolute atomic E-state index is 13.4. The Bertz CT molecular complexity index is 881. The number of carbonyl (C=O) groups excluding carboxylic acids is 3. The summed E-state index contributed by atoms with van der Waals surface area (Å²) in [7, 11) is 1.51. The molecule has 0 aliphatic carbocycles. The molecular weight excluding hydrogens is 356 g/mol. The van der Waals surface area contributed by atoms with Gasteiger partial charge in [-0.2, -0.15) is 0 Å². The summed E-state index contributed by atoms with van der Waals surface area (Å²) in [5.41, 5.74) is 0.778. The van der Waals surface area contributed by atoms with E-state index in [1.807, 2.05) is 37.3 Å². The Morgan fingerprint density at radius 2 is 1.89 bits per heavy atom. The number of methoxy groups -OCH3 is 1. The van der Waals surface area contributed by atoms with Crippen LogP contribution in [0.2, 0.25) is 0 Å². The van der Waals surface area contributed by atoms with E-state index in [4.69, 9.17) is 4.74 Å². The van der Waals surface area contributed by atoms with Gasteiger partial charge in [0.2, 0.25) is 0 Å². The Balaban J connectivity index is 1.97. The van der Waals surface area contributed by atoms with E-state index in [1.54, 1.807) is 18.2 Å². The Morgan fingerprint density at radius 1 is 1.14 bits per heavy atom. The van der Waals surface area contributed by atoms with E-state index in [1.165, 1.54) is 12.0 Å². The number of urea groups is 1. The Kier molecular flexibility index (Phi) is 5.78. The summed E-state index contributed by atoms with van der Waals surface area (Å²) < 4.78 is 5.34. The zero-order valence-electron chi connectivity index (χ0n) is 16.1. The van der Waals surface area contributed by atoms with Crippen molar-refractivity contribution in [1.29, 1.82) is 0 Å². The fourth-order valence-electron chi connectivity index (χ4n) is 3.61. The lowest BCUT2D eigenvalue weighted by Gasteiger charge is -2.27. The quantitative estimate of drug-likeness (QED) is 0.560. The highest BCUT2D eigenvalue weighted by atomic mass is 16.5. The molecule has 1 unspecified atom stereocenters. The number of unbranched alkanes of at least 4 members (excludes halogenated alkanes) is 1. The van der Waals surface area contributed by atoms with Gasteiger partial charge in [0.1, 0.15) is 17.6 Å². The number of hydrogen-bond donors (Lipinski definition) is 1. The highest BCUT2D eigenvalue weighted by molar-refractivity contribution is 6.07. The van der Waals surface area contributed by atoms with Crippen molar-refractivity contribution in [3.63, 3.8) is 0 Å². The Hall–Kier alpha value is -3.15. The zero-order valence-corrected chi connectivity index (χ0v) is 16.1. The minimum Gasteiger partial charge on any atom is -0.496 e. The topological polar surface area (TPSA) is 75.7 Å². The van der Waals surface area contributed by atoms with Crippen LogP contribution in [0.15, 0.2) is 48.5 Å². The molecule has 1 aliphatic heterocycles. The van der Waals surface area contributed by atoms with Crippen LogP contribution >= 0.6 is 0 Å². The van der Waals surface area contributed by atoms with Crippen LogP contribution in [0.5, 0.6) is 5.75 Å². The molecule has 3 amide bonds. The van der Waals surface area contributed by atoms with Crippen molar-refractivity contribution in [3.05, 3.63) is 65.2 Å². The van der Waals surface area contributed by atoms with Crippen LogP contribution in [-0.4, -0.2) is 30.2 Å². The molecule has 6 heteroatoms. The first-order chi connectivity index (χ1) is 13.6. The lowest BCUT2D eigenvalue weighted by atomic mass is 9.85. The van der Waals surface area contributed by atoms with Gasteiger partial charge in [-0.15, -0.1) is 0 Å². The van der Waals surface area contributed by atoms with Gasteiger partial charge in [-0.3, -0.25) is 14.5 Å². The molecular formula is C22H24N2O4. The monoisotopic (exact) mass is 380 g/mol. The highest BCUT2D eigenvalue weighted by Crippen LogP contribution is 2.35. The van der Waals surface area contributed by atoms with Crippen LogP contribution in [0, 0.1) is 0 Å². The largest absolute Gasteiger partial charge is 0.496 e. The number of nitrogens with zero attached hydrogens (tertiary/aromatic N) is 1. The number of hydrogen-bond acceptors (Lipinski definition) is 4. The standard InChI is InChI=1S/C22H24N2O4/c1-3-4-12-22(18-8-6-5-7-9-18)20(26)24(21(27)23-22)14-17-13-16(15-25)10-11-19(17)28-2/h5-11,13,15H,3-4,12,14H2,1-2H3,(H,23,27). The number of imide groups is 1. The molecule has 1 N–H and O–H groups in total. The second-order valence-corrected chi connectivity index (χ2v) is 6.89. The normalized spacial score (nSPS) is 18.9. The van der Waals surface area contributed by atoms with Crippen molar-refractivity contribution < 1.29 is 19.1 Å². The van der Waals surface area contributed by atoms with E-state index in [9.17, 15) is 14.4 Å². The lowest BCUT2D eigenvalue weighted by molar-refractivity contribution is -0.132. The number of rotatable bonds is 8. The Labute approximate surface area is 164 Å². The van der Waals surface area contributed by atoms with Crippen LogP contribution in [0.3, 0.4) is 0 Å².